The van der Waals surface area contributed by atoms with Gasteiger partial charge in [-0.05, 0) is 68.5 Å². The molecule has 0 bridgehead atoms. The molecule has 0 aliphatic carbocycles. The fourth-order valence-electron chi connectivity index (χ4n) is 4.83. The molecule has 8 heteroatoms. The highest BCUT2D eigenvalue weighted by Crippen LogP contribution is 2.29. The summed E-state index contributed by atoms with van der Waals surface area (Å²) in [6.07, 6.45) is 7.70. The SMILES string of the molecule is COc1cc(CNC[C@]2(O)CCCN(c3ncccn3)C2)ccc1OCCN1CCC(C)CC1. The zero-order chi connectivity index (χ0) is 23.8. The number of aliphatic hydroxyl groups is 1. The van der Waals surface area contributed by atoms with E-state index in [1.54, 1.807) is 25.6 Å². The molecule has 2 aromatic rings. The van der Waals surface area contributed by atoms with Crippen molar-refractivity contribution in [3.63, 3.8) is 0 Å². The average molecular weight is 470 g/mol. The predicted molar refractivity (Wildman–Crippen MR) is 133 cm³/mol. The molecule has 1 aromatic carbocycles. The van der Waals surface area contributed by atoms with Crippen LogP contribution >= 0.6 is 0 Å². The van der Waals surface area contributed by atoms with E-state index in [9.17, 15) is 5.11 Å². The van der Waals surface area contributed by atoms with Crippen LogP contribution in [0.4, 0.5) is 5.95 Å². The van der Waals surface area contributed by atoms with Crippen molar-refractivity contribution in [2.24, 2.45) is 5.92 Å². The highest BCUT2D eigenvalue weighted by Gasteiger charge is 2.33. The third kappa shape index (κ3) is 6.81. The monoisotopic (exact) mass is 469 g/mol. The molecule has 1 aromatic heterocycles. The third-order valence-corrected chi connectivity index (χ3v) is 6.94. The van der Waals surface area contributed by atoms with Crippen molar-refractivity contribution < 1.29 is 14.6 Å². The number of piperidine rings is 2. The quantitative estimate of drug-likeness (QED) is 0.550. The molecule has 3 heterocycles. The Labute approximate surface area is 203 Å². The normalized spacial score (nSPS) is 22.0. The molecule has 2 N–H and O–H groups in total. The minimum atomic E-state index is -0.809. The van der Waals surface area contributed by atoms with Crippen molar-refractivity contribution in [1.29, 1.82) is 0 Å². The van der Waals surface area contributed by atoms with Gasteiger partial charge >= 0.3 is 0 Å². The lowest BCUT2D eigenvalue weighted by atomic mass is 9.93. The third-order valence-electron chi connectivity index (χ3n) is 6.94. The second-order valence-corrected chi connectivity index (χ2v) is 9.76. The van der Waals surface area contributed by atoms with Crippen LogP contribution in [0.25, 0.3) is 0 Å². The van der Waals surface area contributed by atoms with Gasteiger partial charge in [0.05, 0.1) is 19.3 Å². The Hall–Kier alpha value is -2.42. The van der Waals surface area contributed by atoms with Crippen LogP contribution in [0.1, 0.15) is 38.2 Å². The number of nitrogens with one attached hydrogen (secondary N) is 1. The summed E-state index contributed by atoms with van der Waals surface area (Å²) in [6, 6.07) is 7.86. The Morgan fingerprint density at radius 2 is 1.94 bits per heavy atom. The number of hydrogen-bond donors (Lipinski definition) is 2. The molecule has 2 aliphatic heterocycles. The van der Waals surface area contributed by atoms with Crippen LogP contribution in [0.3, 0.4) is 0 Å². The van der Waals surface area contributed by atoms with Crippen LogP contribution in [0.15, 0.2) is 36.7 Å². The zero-order valence-electron chi connectivity index (χ0n) is 20.6. The van der Waals surface area contributed by atoms with Gasteiger partial charge in [-0.25, -0.2) is 9.97 Å². The molecule has 0 radical (unpaired) electrons. The minimum Gasteiger partial charge on any atom is -0.493 e. The molecular formula is C26H39N5O3. The smallest absolute Gasteiger partial charge is 0.225 e. The number of aromatic nitrogens is 2. The molecule has 186 valence electrons. The topological polar surface area (TPSA) is 83.0 Å². The first-order valence-corrected chi connectivity index (χ1v) is 12.5. The maximum Gasteiger partial charge on any atom is 0.225 e. The van der Waals surface area contributed by atoms with Crippen molar-refractivity contribution >= 4 is 5.95 Å². The van der Waals surface area contributed by atoms with Gasteiger partial charge in [-0.3, -0.25) is 4.90 Å². The molecule has 8 nitrogen and oxygen atoms in total. The number of hydrogen-bond acceptors (Lipinski definition) is 8. The fourth-order valence-corrected chi connectivity index (χ4v) is 4.83. The summed E-state index contributed by atoms with van der Waals surface area (Å²) in [6.45, 7) is 8.80. The average Bonchev–Trinajstić information content (AvgIpc) is 2.86. The highest BCUT2D eigenvalue weighted by atomic mass is 16.5. The van der Waals surface area contributed by atoms with Crippen LogP contribution in [-0.2, 0) is 6.54 Å². The first-order valence-electron chi connectivity index (χ1n) is 12.5. The van der Waals surface area contributed by atoms with Crippen molar-refractivity contribution in [2.75, 3.05) is 57.9 Å². The molecule has 2 fully saturated rings. The summed E-state index contributed by atoms with van der Waals surface area (Å²) in [5.41, 5.74) is 0.286. The number of likely N-dealkylation sites (tertiary alicyclic amines) is 1. The van der Waals surface area contributed by atoms with E-state index in [0.717, 1.165) is 62.0 Å². The first-order chi connectivity index (χ1) is 16.5. The number of rotatable bonds is 10. The molecule has 0 saturated carbocycles. The number of β-amino-alcohol motifs (C(OH)–C–C–N with tert-alkyl or cyclic N) is 1. The molecule has 0 unspecified atom stereocenters. The van der Waals surface area contributed by atoms with Crippen LogP contribution in [0.5, 0.6) is 11.5 Å². The maximum absolute atomic E-state index is 11.1. The number of benzene rings is 1. The fraction of sp³-hybridized carbons (Fsp3) is 0.615. The maximum atomic E-state index is 11.1. The largest absolute Gasteiger partial charge is 0.493 e. The van der Waals surface area contributed by atoms with Crippen molar-refractivity contribution in [3.8, 4) is 11.5 Å². The van der Waals surface area contributed by atoms with Gasteiger partial charge in [0.15, 0.2) is 11.5 Å². The van der Waals surface area contributed by atoms with Crippen LogP contribution in [-0.4, -0.2) is 78.6 Å². The van der Waals surface area contributed by atoms with E-state index < -0.39 is 5.60 Å². The summed E-state index contributed by atoms with van der Waals surface area (Å²) in [5.74, 6) is 3.04. The summed E-state index contributed by atoms with van der Waals surface area (Å²) in [4.78, 5) is 13.2. The van der Waals surface area contributed by atoms with Gasteiger partial charge in [0.2, 0.25) is 5.95 Å². The van der Waals surface area contributed by atoms with E-state index in [1.807, 2.05) is 12.1 Å². The Morgan fingerprint density at radius 1 is 1.15 bits per heavy atom. The van der Waals surface area contributed by atoms with E-state index in [2.05, 4.69) is 38.1 Å². The highest BCUT2D eigenvalue weighted by molar-refractivity contribution is 5.43. The van der Waals surface area contributed by atoms with Crippen molar-refractivity contribution in [1.82, 2.24) is 20.2 Å². The Morgan fingerprint density at radius 3 is 2.71 bits per heavy atom. The van der Waals surface area contributed by atoms with E-state index in [1.165, 1.54) is 12.8 Å². The lowest BCUT2D eigenvalue weighted by Gasteiger charge is -2.39. The molecular weight excluding hydrogens is 430 g/mol. The van der Waals surface area contributed by atoms with Crippen molar-refractivity contribution in [3.05, 3.63) is 42.2 Å². The van der Waals surface area contributed by atoms with Crippen LogP contribution < -0.4 is 19.7 Å². The van der Waals surface area contributed by atoms with E-state index in [4.69, 9.17) is 9.47 Å². The van der Waals surface area contributed by atoms with Crippen LogP contribution in [0.2, 0.25) is 0 Å². The number of ether oxygens (including phenoxy) is 2. The van der Waals surface area contributed by atoms with E-state index in [-0.39, 0.29) is 0 Å². The first kappa shape index (κ1) is 24.7. The zero-order valence-corrected chi connectivity index (χ0v) is 20.6. The second-order valence-electron chi connectivity index (χ2n) is 9.76. The van der Waals surface area contributed by atoms with Gasteiger partial charge in [-0.1, -0.05) is 13.0 Å². The summed E-state index contributed by atoms with van der Waals surface area (Å²) in [5, 5.41) is 14.6. The summed E-state index contributed by atoms with van der Waals surface area (Å²) < 4.78 is 11.6. The Balaban J connectivity index is 1.24. The molecule has 0 amide bonds. The van der Waals surface area contributed by atoms with Gasteiger partial charge < -0.3 is 24.8 Å². The lowest BCUT2D eigenvalue weighted by Crippen LogP contribution is -2.53. The summed E-state index contributed by atoms with van der Waals surface area (Å²) in [7, 11) is 1.68. The lowest BCUT2D eigenvalue weighted by molar-refractivity contribution is 0.0256. The van der Waals surface area contributed by atoms with Gasteiger partial charge in [-0.15, -0.1) is 0 Å². The number of methoxy groups -OCH3 is 1. The van der Waals surface area contributed by atoms with Gasteiger partial charge in [-0.2, -0.15) is 0 Å². The van der Waals surface area contributed by atoms with E-state index in [0.29, 0.717) is 32.2 Å². The Kier molecular flexibility index (Phi) is 8.59. The van der Waals surface area contributed by atoms with Gasteiger partial charge in [0.25, 0.3) is 0 Å². The Bertz CT molecular complexity index is 891. The molecule has 0 spiro atoms. The minimum absolute atomic E-state index is 0.505. The second kappa shape index (κ2) is 11.8. The molecule has 4 rings (SSSR count). The van der Waals surface area contributed by atoms with E-state index >= 15 is 0 Å². The standard InChI is InChI=1S/C26H39N5O3/c1-21-7-13-30(14-8-21)15-16-34-23-6-5-22(17-24(23)33-2)18-27-19-26(32)9-3-12-31(20-26)25-28-10-4-11-29-25/h4-6,10-11,17,21,27,32H,3,7-9,12-16,18-20H2,1-2H3/t26-/m1/s1. The number of anilines is 1. The molecule has 34 heavy (non-hydrogen) atoms. The van der Waals surface area contributed by atoms with Gasteiger partial charge in [0, 0.05) is 38.6 Å². The predicted octanol–water partition coefficient (Wildman–Crippen LogP) is 2.72. The molecule has 2 aliphatic rings. The van der Waals surface area contributed by atoms with Crippen LogP contribution in [0, 0.1) is 5.92 Å². The molecule has 2 saturated heterocycles. The van der Waals surface area contributed by atoms with Gasteiger partial charge in [0.1, 0.15) is 6.61 Å². The number of nitrogens with zero attached hydrogens (tertiary/aromatic N) is 4. The molecule has 1 atom stereocenters. The summed E-state index contributed by atoms with van der Waals surface area (Å²) >= 11 is 0. The van der Waals surface area contributed by atoms with Crippen molar-refractivity contribution in [2.45, 2.75) is 44.8 Å².